The third-order valence-electron chi connectivity index (χ3n) is 4.88. The lowest BCUT2D eigenvalue weighted by Gasteiger charge is -2.22. The summed E-state index contributed by atoms with van der Waals surface area (Å²) in [6, 6.07) is 9.61. The van der Waals surface area contributed by atoms with Crippen LogP contribution in [0.3, 0.4) is 0 Å². The maximum Gasteiger partial charge on any atom is 0.191 e. The fourth-order valence-corrected chi connectivity index (χ4v) is 3.21. The molecule has 2 rings (SSSR count). The van der Waals surface area contributed by atoms with Crippen LogP contribution >= 0.6 is 24.0 Å². The third kappa shape index (κ3) is 6.61. The van der Waals surface area contributed by atoms with Crippen LogP contribution in [0.15, 0.2) is 29.3 Å². The van der Waals surface area contributed by atoms with Crippen LogP contribution in [0.2, 0.25) is 0 Å². The quantitative estimate of drug-likeness (QED) is 0.379. The maximum atomic E-state index is 4.81. The first-order valence-electron chi connectivity index (χ1n) is 9.45. The van der Waals surface area contributed by atoms with Crippen LogP contribution in [0.5, 0.6) is 0 Å². The Morgan fingerprint density at radius 1 is 1.31 bits per heavy atom. The van der Waals surface area contributed by atoms with Crippen molar-refractivity contribution in [3.63, 3.8) is 0 Å². The number of nitrogens with one attached hydrogen (secondary N) is 2. The first-order chi connectivity index (χ1) is 11.9. The molecule has 1 heterocycles. The Morgan fingerprint density at radius 3 is 2.62 bits per heavy atom. The van der Waals surface area contributed by atoms with Gasteiger partial charge in [-0.2, -0.15) is 0 Å². The van der Waals surface area contributed by atoms with Gasteiger partial charge in [0.15, 0.2) is 5.96 Å². The van der Waals surface area contributed by atoms with Crippen LogP contribution in [-0.2, 0) is 6.54 Å². The molecular weight excluding hydrogens is 437 g/mol. The molecule has 1 aliphatic heterocycles. The second kappa shape index (κ2) is 11.0. The number of likely N-dealkylation sites (tertiary alicyclic amines) is 1. The van der Waals surface area contributed by atoms with Crippen molar-refractivity contribution in [2.45, 2.75) is 46.3 Å². The van der Waals surface area contributed by atoms with E-state index in [4.69, 9.17) is 4.99 Å². The summed E-state index contributed by atoms with van der Waals surface area (Å²) in [5.74, 6) is 1.54. The van der Waals surface area contributed by atoms with E-state index in [2.05, 4.69) is 86.5 Å². The normalized spacial score (nSPS) is 20.8. The molecule has 26 heavy (non-hydrogen) atoms. The first-order valence-corrected chi connectivity index (χ1v) is 9.45. The van der Waals surface area contributed by atoms with Gasteiger partial charge in [0.25, 0.3) is 0 Å². The summed E-state index contributed by atoms with van der Waals surface area (Å²) in [5, 5.41) is 7.04. The molecule has 6 heteroatoms. The topological polar surface area (TPSA) is 42.9 Å². The lowest BCUT2D eigenvalue weighted by atomic mass is 10.1. The van der Waals surface area contributed by atoms with Gasteiger partial charge in [0.05, 0.1) is 6.54 Å². The van der Waals surface area contributed by atoms with Crippen LogP contribution in [-0.4, -0.2) is 56.7 Å². The van der Waals surface area contributed by atoms with Gasteiger partial charge in [0.1, 0.15) is 0 Å². The highest BCUT2D eigenvalue weighted by Crippen LogP contribution is 2.19. The molecule has 2 N–H and O–H groups in total. The largest absolute Gasteiger partial charge is 0.378 e. The summed E-state index contributed by atoms with van der Waals surface area (Å²) >= 11 is 0. The molecule has 0 aromatic heterocycles. The summed E-state index contributed by atoms with van der Waals surface area (Å²) in [7, 11) is 4.13. The van der Waals surface area contributed by atoms with Gasteiger partial charge in [-0.05, 0) is 44.4 Å². The third-order valence-corrected chi connectivity index (χ3v) is 4.88. The smallest absolute Gasteiger partial charge is 0.191 e. The van der Waals surface area contributed by atoms with Gasteiger partial charge in [-0.1, -0.05) is 19.1 Å². The average molecular weight is 473 g/mol. The van der Waals surface area contributed by atoms with Gasteiger partial charge < -0.3 is 15.5 Å². The number of hydrogen-bond donors (Lipinski definition) is 2. The van der Waals surface area contributed by atoms with Gasteiger partial charge >= 0.3 is 0 Å². The van der Waals surface area contributed by atoms with Gasteiger partial charge in [-0.3, -0.25) is 4.90 Å². The van der Waals surface area contributed by atoms with Crippen molar-refractivity contribution in [2.24, 2.45) is 10.9 Å². The molecule has 1 saturated heterocycles. The Bertz CT molecular complexity index is 573. The molecular formula is C20H36IN5. The summed E-state index contributed by atoms with van der Waals surface area (Å²) < 4.78 is 0. The van der Waals surface area contributed by atoms with E-state index in [1.807, 2.05) is 0 Å². The molecule has 0 radical (unpaired) electrons. The molecule has 1 aromatic rings. The van der Waals surface area contributed by atoms with Crippen LogP contribution < -0.4 is 15.5 Å². The maximum absolute atomic E-state index is 4.81. The van der Waals surface area contributed by atoms with Crippen molar-refractivity contribution in [1.29, 1.82) is 0 Å². The molecule has 2 atom stereocenters. The Hall–Kier alpha value is -1.02. The Labute approximate surface area is 176 Å². The zero-order valence-corrected chi connectivity index (χ0v) is 19.5. The van der Waals surface area contributed by atoms with E-state index in [9.17, 15) is 0 Å². The SMILES string of the molecule is CCNC(=NCc1cccc(N(C)C)c1)NC1CN(C(C)C)CC1C.I. The number of anilines is 1. The van der Waals surface area contributed by atoms with Crippen LogP contribution in [0.1, 0.15) is 33.3 Å². The Morgan fingerprint density at radius 2 is 2.04 bits per heavy atom. The number of hydrogen-bond acceptors (Lipinski definition) is 3. The minimum atomic E-state index is 0. The van der Waals surface area contributed by atoms with E-state index in [0.29, 0.717) is 24.5 Å². The van der Waals surface area contributed by atoms with Crippen LogP contribution in [0, 0.1) is 5.92 Å². The molecule has 1 aromatic carbocycles. The summed E-state index contributed by atoms with van der Waals surface area (Å²) in [5.41, 5.74) is 2.44. The molecule has 2 unspecified atom stereocenters. The zero-order valence-electron chi connectivity index (χ0n) is 17.1. The van der Waals surface area contributed by atoms with Gasteiger partial charge in [0, 0.05) is 51.5 Å². The molecule has 0 bridgehead atoms. The fourth-order valence-electron chi connectivity index (χ4n) is 3.21. The van der Waals surface area contributed by atoms with E-state index in [0.717, 1.165) is 25.6 Å². The predicted molar refractivity (Wildman–Crippen MR) is 124 cm³/mol. The predicted octanol–water partition coefficient (Wildman–Crippen LogP) is 3.15. The van der Waals surface area contributed by atoms with Crippen molar-refractivity contribution in [2.75, 3.05) is 38.6 Å². The molecule has 0 aliphatic carbocycles. The second-order valence-corrected chi connectivity index (χ2v) is 7.54. The second-order valence-electron chi connectivity index (χ2n) is 7.54. The highest BCUT2D eigenvalue weighted by molar-refractivity contribution is 14.0. The number of rotatable bonds is 6. The van der Waals surface area contributed by atoms with E-state index in [1.54, 1.807) is 0 Å². The number of nitrogens with zero attached hydrogens (tertiary/aromatic N) is 3. The lowest BCUT2D eigenvalue weighted by Crippen LogP contribution is -2.46. The number of benzene rings is 1. The Kier molecular flexibility index (Phi) is 9.71. The van der Waals surface area contributed by atoms with Gasteiger partial charge in [-0.25, -0.2) is 4.99 Å². The van der Waals surface area contributed by atoms with Crippen molar-refractivity contribution < 1.29 is 0 Å². The van der Waals surface area contributed by atoms with E-state index in [-0.39, 0.29) is 24.0 Å². The van der Waals surface area contributed by atoms with Gasteiger partial charge in [0.2, 0.25) is 0 Å². The van der Waals surface area contributed by atoms with Crippen molar-refractivity contribution in [3.8, 4) is 0 Å². The fraction of sp³-hybridized carbons (Fsp3) is 0.650. The van der Waals surface area contributed by atoms with Crippen molar-refractivity contribution in [1.82, 2.24) is 15.5 Å². The molecule has 148 valence electrons. The van der Waals surface area contributed by atoms with Crippen LogP contribution in [0.4, 0.5) is 5.69 Å². The minimum Gasteiger partial charge on any atom is -0.378 e. The number of guanidine groups is 1. The molecule has 0 spiro atoms. The van der Waals surface area contributed by atoms with E-state index >= 15 is 0 Å². The van der Waals surface area contributed by atoms with E-state index < -0.39 is 0 Å². The van der Waals surface area contributed by atoms with Crippen LogP contribution in [0.25, 0.3) is 0 Å². The Balaban J connectivity index is 0.00000338. The molecule has 0 amide bonds. The highest BCUT2D eigenvalue weighted by atomic mass is 127. The van der Waals surface area contributed by atoms with E-state index in [1.165, 1.54) is 11.3 Å². The standard InChI is InChI=1S/C20H35N5.HI/c1-7-21-20(23-19-14-25(15(2)3)13-16(19)4)22-12-17-9-8-10-18(11-17)24(5)6;/h8-11,15-16,19H,7,12-14H2,1-6H3,(H2,21,22,23);1H. The zero-order chi connectivity index (χ0) is 18.4. The summed E-state index contributed by atoms with van der Waals surface area (Å²) in [4.78, 5) is 9.47. The molecule has 5 nitrogen and oxygen atoms in total. The first kappa shape index (κ1) is 23.0. The highest BCUT2D eigenvalue weighted by Gasteiger charge is 2.31. The van der Waals surface area contributed by atoms with Crippen molar-refractivity contribution >= 4 is 35.6 Å². The van der Waals surface area contributed by atoms with Crippen molar-refractivity contribution in [3.05, 3.63) is 29.8 Å². The molecule has 0 saturated carbocycles. The molecule has 1 fully saturated rings. The number of aliphatic imine (C=N–C) groups is 1. The summed E-state index contributed by atoms with van der Waals surface area (Å²) in [6.45, 7) is 12.8. The van der Waals surface area contributed by atoms with Gasteiger partial charge in [-0.15, -0.1) is 24.0 Å². The minimum absolute atomic E-state index is 0. The molecule has 1 aliphatic rings. The average Bonchev–Trinajstić information content (AvgIpc) is 2.94. The number of halogens is 1. The monoisotopic (exact) mass is 473 g/mol. The summed E-state index contributed by atoms with van der Waals surface area (Å²) in [6.07, 6.45) is 0. The lowest BCUT2D eigenvalue weighted by molar-refractivity contribution is 0.265.